The number of para-hydroxylation sites is 1. The lowest BCUT2D eigenvalue weighted by atomic mass is 10.0. The van der Waals surface area contributed by atoms with Gasteiger partial charge in [-0.15, -0.1) is 0 Å². The van der Waals surface area contributed by atoms with Crippen LogP contribution < -0.4 is 10.6 Å². The topological polar surface area (TPSA) is 41.1 Å². The number of carbonyl (C=O) groups is 1. The normalized spacial score (nSPS) is 27.4. The number of aryl methyl sites for hydroxylation is 1. The average molecular weight is 216 g/mol. The molecule has 1 aromatic carbocycles. The zero-order chi connectivity index (χ0) is 11.1. The molecule has 0 saturated heterocycles. The molecule has 2 unspecified atom stereocenters. The first-order valence-electron chi connectivity index (χ1n) is 5.93. The van der Waals surface area contributed by atoms with Crippen LogP contribution in [0.15, 0.2) is 18.2 Å². The fourth-order valence-corrected chi connectivity index (χ4v) is 2.82. The maximum absolute atomic E-state index is 12.1. The lowest BCUT2D eigenvalue weighted by Gasteiger charge is -2.16. The minimum absolute atomic E-state index is 0.145. The fourth-order valence-electron chi connectivity index (χ4n) is 2.82. The Labute approximate surface area is 95.2 Å². The first-order valence-corrected chi connectivity index (χ1v) is 5.93. The quantitative estimate of drug-likeness (QED) is 0.699. The summed E-state index contributed by atoms with van der Waals surface area (Å²) in [5.41, 5.74) is 3.16. The predicted octanol–water partition coefficient (Wildman–Crippen LogP) is 2.53. The molecule has 0 bridgehead atoms. The van der Waals surface area contributed by atoms with Gasteiger partial charge in [0.1, 0.15) is 0 Å². The molecule has 2 aliphatic rings. The molecule has 3 rings (SSSR count). The lowest BCUT2D eigenvalue weighted by Crippen LogP contribution is -2.30. The van der Waals surface area contributed by atoms with E-state index in [4.69, 9.17) is 0 Å². The summed E-state index contributed by atoms with van der Waals surface area (Å²) in [6.45, 7) is 2.03. The van der Waals surface area contributed by atoms with Gasteiger partial charge in [0.15, 0.2) is 0 Å². The summed E-state index contributed by atoms with van der Waals surface area (Å²) in [4.78, 5) is 12.1. The Hall–Kier alpha value is -1.51. The maximum atomic E-state index is 12.1. The van der Waals surface area contributed by atoms with Crippen LogP contribution in [0.1, 0.15) is 24.8 Å². The molecule has 0 aromatic heterocycles. The number of benzene rings is 1. The van der Waals surface area contributed by atoms with Gasteiger partial charge in [0, 0.05) is 6.04 Å². The molecular weight excluding hydrogens is 200 g/mol. The van der Waals surface area contributed by atoms with Gasteiger partial charge in [0.25, 0.3) is 0 Å². The second-order valence-corrected chi connectivity index (χ2v) is 4.77. The molecule has 1 amide bonds. The van der Waals surface area contributed by atoms with Crippen molar-refractivity contribution in [1.29, 1.82) is 0 Å². The number of fused-ring (bicyclic) bond motifs is 2. The van der Waals surface area contributed by atoms with Crippen LogP contribution in [0.2, 0.25) is 0 Å². The second-order valence-electron chi connectivity index (χ2n) is 4.77. The molecule has 2 atom stereocenters. The molecule has 1 saturated carbocycles. The molecule has 0 radical (unpaired) electrons. The highest BCUT2D eigenvalue weighted by Crippen LogP contribution is 2.36. The maximum Gasteiger partial charge on any atom is 0.229 e. The van der Waals surface area contributed by atoms with E-state index in [0.29, 0.717) is 6.04 Å². The highest BCUT2D eigenvalue weighted by molar-refractivity contribution is 5.99. The molecule has 84 valence electrons. The Morgan fingerprint density at radius 2 is 2.19 bits per heavy atom. The van der Waals surface area contributed by atoms with E-state index >= 15 is 0 Å². The van der Waals surface area contributed by atoms with E-state index in [1.165, 1.54) is 0 Å². The Bertz CT molecular complexity index is 442. The molecule has 2 N–H and O–H groups in total. The van der Waals surface area contributed by atoms with Gasteiger partial charge in [0.2, 0.25) is 5.91 Å². The van der Waals surface area contributed by atoms with E-state index in [-0.39, 0.29) is 11.8 Å². The summed E-state index contributed by atoms with van der Waals surface area (Å²) in [5, 5.41) is 6.57. The van der Waals surface area contributed by atoms with Crippen LogP contribution in [0, 0.1) is 12.8 Å². The summed E-state index contributed by atoms with van der Waals surface area (Å²) >= 11 is 0. The minimum atomic E-state index is 0.145. The summed E-state index contributed by atoms with van der Waals surface area (Å²) in [6, 6.07) is 6.43. The van der Waals surface area contributed by atoms with E-state index in [9.17, 15) is 4.79 Å². The molecule has 1 aliphatic heterocycles. The zero-order valence-corrected chi connectivity index (χ0v) is 9.42. The van der Waals surface area contributed by atoms with Crippen LogP contribution in [0.5, 0.6) is 0 Å². The molecule has 1 fully saturated rings. The monoisotopic (exact) mass is 216 g/mol. The highest BCUT2D eigenvalue weighted by Gasteiger charge is 2.35. The van der Waals surface area contributed by atoms with E-state index in [0.717, 1.165) is 36.2 Å². The van der Waals surface area contributed by atoms with Crippen LogP contribution in [0.25, 0.3) is 0 Å². The Kier molecular flexibility index (Phi) is 2.13. The number of carbonyl (C=O) groups excluding carboxylic acids is 1. The van der Waals surface area contributed by atoms with Gasteiger partial charge in [-0.2, -0.15) is 0 Å². The Morgan fingerprint density at radius 3 is 3.06 bits per heavy atom. The molecule has 3 heteroatoms. The van der Waals surface area contributed by atoms with Crippen molar-refractivity contribution in [3.8, 4) is 0 Å². The lowest BCUT2D eigenvalue weighted by molar-refractivity contribution is -0.119. The number of nitrogens with one attached hydrogen (secondary N) is 2. The van der Waals surface area contributed by atoms with Crippen LogP contribution in [0.4, 0.5) is 11.4 Å². The molecule has 0 spiro atoms. The van der Waals surface area contributed by atoms with E-state index < -0.39 is 0 Å². The first kappa shape index (κ1) is 9.70. The van der Waals surface area contributed by atoms with Gasteiger partial charge >= 0.3 is 0 Å². The standard InChI is InChI=1S/C13H16N2O/c1-8-4-2-7-11-12(8)15-13(16)9-5-3-6-10(9)14-11/h2,4,7,9-10,14H,3,5-6H2,1H3,(H,15,16). The van der Waals surface area contributed by atoms with Crippen molar-refractivity contribution in [3.63, 3.8) is 0 Å². The average Bonchev–Trinajstić information content (AvgIpc) is 2.66. The Morgan fingerprint density at radius 1 is 1.31 bits per heavy atom. The van der Waals surface area contributed by atoms with Crippen molar-refractivity contribution >= 4 is 17.3 Å². The summed E-state index contributed by atoms with van der Waals surface area (Å²) in [6.07, 6.45) is 3.26. The van der Waals surface area contributed by atoms with Crippen molar-refractivity contribution < 1.29 is 4.79 Å². The molecule has 1 aromatic rings. The van der Waals surface area contributed by atoms with E-state index in [1.807, 2.05) is 25.1 Å². The van der Waals surface area contributed by atoms with Gasteiger partial charge in [0.05, 0.1) is 17.3 Å². The molecular formula is C13H16N2O. The van der Waals surface area contributed by atoms with Crippen LogP contribution in [-0.2, 0) is 4.79 Å². The van der Waals surface area contributed by atoms with E-state index in [1.54, 1.807) is 0 Å². The third-order valence-electron chi connectivity index (χ3n) is 3.71. The molecule has 1 heterocycles. The van der Waals surface area contributed by atoms with Gasteiger partial charge in [-0.25, -0.2) is 0 Å². The van der Waals surface area contributed by atoms with E-state index in [2.05, 4.69) is 10.6 Å². The summed E-state index contributed by atoms with van der Waals surface area (Å²) in [7, 11) is 0. The highest BCUT2D eigenvalue weighted by atomic mass is 16.2. The number of hydrogen-bond acceptors (Lipinski definition) is 2. The molecule has 1 aliphatic carbocycles. The third-order valence-corrected chi connectivity index (χ3v) is 3.71. The minimum Gasteiger partial charge on any atom is -0.380 e. The number of amides is 1. The molecule has 3 nitrogen and oxygen atoms in total. The third kappa shape index (κ3) is 1.39. The van der Waals surface area contributed by atoms with Gasteiger partial charge < -0.3 is 10.6 Å². The Balaban J connectivity index is 2.05. The van der Waals surface area contributed by atoms with Gasteiger partial charge in [-0.3, -0.25) is 4.79 Å². The van der Waals surface area contributed by atoms with Crippen LogP contribution >= 0.6 is 0 Å². The van der Waals surface area contributed by atoms with Crippen LogP contribution in [-0.4, -0.2) is 11.9 Å². The second kappa shape index (κ2) is 3.51. The van der Waals surface area contributed by atoms with Gasteiger partial charge in [-0.1, -0.05) is 18.6 Å². The van der Waals surface area contributed by atoms with Crippen molar-refractivity contribution in [2.75, 3.05) is 10.6 Å². The van der Waals surface area contributed by atoms with Gasteiger partial charge in [-0.05, 0) is 31.4 Å². The number of hydrogen-bond donors (Lipinski definition) is 2. The zero-order valence-electron chi connectivity index (χ0n) is 9.42. The smallest absolute Gasteiger partial charge is 0.229 e. The number of anilines is 2. The van der Waals surface area contributed by atoms with Crippen molar-refractivity contribution in [2.24, 2.45) is 5.92 Å². The summed E-state index contributed by atoms with van der Waals surface area (Å²) < 4.78 is 0. The van der Waals surface area contributed by atoms with Crippen molar-refractivity contribution in [1.82, 2.24) is 0 Å². The molecule has 16 heavy (non-hydrogen) atoms. The largest absolute Gasteiger partial charge is 0.380 e. The van der Waals surface area contributed by atoms with Crippen LogP contribution in [0.3, 0.4) is 0 Å². The summed E-state index contributed by atoms with van der Waals surface area (Å²) in [5.74, 6) is 0.329. The number of rotatable bonds is 0. The van der Waals surface area contributed by atoms with Crippen molar-refractivity contribution in [2.45, 2.75) is 32.2 Å². The first-order chi connectivity index (χ1) is 7.75. The fraction of sp³-hybridized carbons (Fsp3) is 0.462. The predicted molar refractivity (Wildman–Crippen MR) is 64.6 cm³/mol. The SMILES string of the molecule is Cc1cccc2c1NC(=O)C1CCCC1N2. The van der Waals surface area contributed by atoms with Crippen molar-refractivity contribution in [3.05, 3.63) is 23.8 Å².